The molecule has 5 heteroatoms. The molecule has 3 nitrogen and oxygen atoms in total. The van der Waals surface area contributed by atoms with E-state index >= 15 is 0 Å². The molecular weight excluding hydrogens is 291 g/mol. The summed E-state index contributed by atoms with van der Waals surface area (Å²) in [7, 11) is 0. The number of rotatable bonds is 2. The fourth-order valence-electron chi connectivity index (χ4n) is 2.27. The first-order valence-electron chi connectivity index (χ1n) is 6.40. The van der Waals surface area contributed by atoms with Crippen molar-refractivity contribution in [1.82, 2.24) is 4.98 Å². The number of anilines is 1. The van der Waals surface area contributed by atoms with Crippen molar-refractivity contribution in [2.45, 2.75) is 6.92 Å². The van der Waals surface area contributed by atoms with Gasteiger partial charge in [-0.2, -0.15) is 0 Å². The molecule has 0 saturated heterocycles. The standard InChI is InChI=1S/C16H12ClFN2O/c1-9-11-8-10(18)6-7-13(11)19-15(9)16(21)20-14-5-3-2-4-12(14)17/h2-8,19H,1H3,(H,20,21). The zero-order chi connectivity index (χ0) is 15.0. The molecule has 0 aliphatic rings. The Morgan fingerprint density at radius 1 is 1.24 bits per heavy atom. The summed E-state index contributed by atoms with van der Waals surface area (Å²) in [4.78, 5) is 15.4. The summed E-state index contributed by atoms with van der Waals surface area (Å²) in [5.41, 5.74) is 2.36. The fraction of sp³-hybridized carbons (Fsp3) is 0.0625. The Kier molecular flexibility index (Phi) is 3.39. The van der Waals surface area contributed by atoms with Crippen LogP contribution in [0, 0.1) is 12.7 Å². The van der Waals surface area contributed by atoms with E-state index in [0.717, 1.165) is 5.52 Å². The summed E-state index contributed by atoms with van der Waals surface area (Å²) in [5, 5.41) is 3.90. The van der Waals surface area contributed by atoms with Gasteiger partial charge in [0, 0.05) is 10.9 Å². The normalized spacial score (nSPS) is 10.8. The molecule has 1 amide bonds. The first kappa shape index (κ1) is 13.6. The average Bonchev–Trinajstić information content (AvgIpc) is 2.79. The summed E-state index contributed by atoms with van der Waals surface area (Å²) >= 11 is 6.02. The maximum Gasteiger partial charge on any atom is 0.272 e. The van der Waals surface area contributed by atoms with Crippen LogP contribution in [0.1, 0.15) is 16.1 Å². The van der Waals surface area contributed by atoms with Gasteiger partial charge in [-0.3, -0.25) is 4.79 Å². The minimum atomic E-state index is -0.331. The van der Waals surface area contributed by atoms with Crippen molar-refractivity contribution < 1.29 is 9.18 Å². The molecule has 0 bridgehead atoms. The molecule has 0 spiro atoms. The number of amides is 1. The quantitative estimate of drug-likeness (QED) is 0.718. The summed E-state index contributed by atoms with van der Waals surface area (Å²) in [6, 6.07) is 11.4. The van der Waals surface area contributed by atoms with E-state index in [9.17, 15) is 9.18 Å². The summed E-state index contributed by atoms with van der Waals surface area (Å²) in [6.07, 6.45) is 0. The monoisotopic (exact) mass is 302 g/mol. The molecular formula is C16H12ClFN2O. The van der Waals surface area contributed by atoms with Crippen molar-refractivity contribution in [3.63, 3.8) is 0 Å². The number of hydrogen-bond acceptors (Lipinski definition) is 1. The van der Waals surface area contributed by atoms with Crippen LogP contribution in [0.4, 0.5) is 10.1 Å². The van der Waals surface area contributed by atoms with E-state index in [1.807, 2.05) is 0 Å². The second-order valence-electron chi connectivity index (χ2n) is 4.75. The molecule has 0 fully saturated rings. The Balaban J connectivity index is 1.99. The Labute approximate surface area is 125 Å². The van der Waals surface area contributed by atoms with Gasteiger partial charge < -0.3 is 10.3 Å². The fourth-order valence-corrected chi connectivity index (χ4v) is 2.46. The number of H-pyrrole nitrogens is 1. The van der Waals surface area contributed by atoms with E-state index < -0.39 is 0 Å². The third kappa shape index (κ3) is 2.50. The lowest BCUT2D eigenvalue weighted by Gasteiger charge is -2.06. The number of halogens is 2. The third-order valence-corrected chi connectivity index (χ3v) is 3.70. The zero-order valence-electron chi connectivity index (χ0n) is 11.2. The molecule has 0 atom stereocenters. The largest absolute Gasteiger partial charge is 0.350 e. The second-order valence-corrected chi connectivity index (χ2v) is 5.16. The highest BCUT2D eigenvalue weighted by Gasteiger charge is 2.16. The molecule has 106 valence electrons. The maximum atomic E-state index is 13.3. The van der Waals surface area contributed by atoms with Crippen LogP contribution in [0.25, 0.3) is 10.9 Å². The lowest BCUT2D eigenvalue weighted by molar-refractivity contribution is 0.102. The van der Waals surface area contributed by atoms with E-state index in [-0.39, 0.29) is 11.7 Å². The lowest BCUT2D eigenvalue weighted by Crippen LogP contribution is -2.13. The van der Waals surface area contributed by atoms with Crippen molar-refractivity contribution in [3.05, 3.63) is 64.6 Å². The minimum absolute atomic E-state index is 0.308. The predicted octanol–water partition coefficient (Wildman–Crippen LogP) is 4.52. The van der Waals surface area contributed by atoms with Crippen molar-refractivity contribution in [3.8, 4) is 0 Å². The molecule has 0 aliphatic heterocycles. The van der Waals surface area contributed by atoms with Crippen molar-refractivity contribution in [1.29, 1.82) is 0 Å². The number of carbonyl (C=O) groups excluding carboxylic acids is 1. The van der Waals surface area contributed by atoms with Crippen LogP contribution in [0.3, 0.4) is 0 Å². The molecule has 2 N–H and O–H groups in total. The van der Waals surface area contributed by atoms with Gasteiger partial charge in [0.25, 0.3) is 5.91 Å². The van der Waals surface area contributed by atoms with Crippen LogP contribution >= 0.6 is 11.6 Å². The van der Waals surface area contributed by atoms with Gasteiger partial charge in [0.1, 0.15) is 11.5 Å². The number of aromatic amines is 1. The second kappa shape index (κ2) is 5.22. The highest BCUT2D eigenvalue weighted by molar-refractivity contribution is 6.33. The van der Waals surface area contributed by atoms with Crippen LogP contribution in [-0.4, -0.2) is 10.9 Å². The molecule has 3 rings (SSSR count). The molecule has 2 aromatic carbocycles. The first-order valence-corrected chi connectivity index (χ1v) is 6.78. The van der Waals surface area contributed by atoms with Gasteiger partial charge in [-0.25, -0.2) is 4.39 Å². The number of aryl methyl sites for hydroxylation is 1. The van der Waals surface area contributed by atoms with E-state index in [0.29, 0.717) is 27.4 Å². The van der Waals surface area contributed by atoms with Gasteiger partial charge in [-0.15, -0.1) is 0 Å². The zero-order valence-corrected chi connectivity index (χ0v) is 12.0. The number of hydrogen-bond donors (Lipinski definition) is 2. The van der Waals surface area contributed by atoms with Gasteiger partial charge in [0.2, 0.25) is 0 Å². The molecule has 0 radical (unpaired) electrons. The molecule has 0 unspecified atom stereocenters. The molecule has 0 aliphatic carbocycles. The van der Waals surface area contributed by atoms with Crippen LogP contribution in [0.2, 0.25) is 5.02 Å². The number of para-hydroxylation sites is 1. The summed E-state index contributed by atoms with van der Waals surface area (Å²) in [6.45, 7) is 1.78. The summed E-state index contributed by atoms with van der Waals surface area (Å²) < 4.78 is 13.3. The van der Waals surface area contributed by atoms with Crippen molar-refractivity contribution in [2.75, 3.05) is 5.32 Å². The molecule has 3 aromatic rings. The first-order chi connectivity index (χ1) is 10.1. The van der Waals surface area contributed by atoms with Crippen LogP contribution in [0.15, 0.2) is 42.5 Å². The van der Waals surface area contributed by atoms with Crippen LogP contribution in [0.5, 0.6) is 0 Å². The number of fused-ring (bicyclic) bond motifs is 1. The minimum Gasteiger partial charge on any atom is -0.350 e. The van der Waals surface area contributed by atoms with E-state index in [2.05, 4.69) is 10.3 Å². The van der Waals surface area contributed by atoms with Gasteiger partial charge in [0.05, 0.1) is 10.7 Å². The number of nitrogens with one attached hydrogen (secondary N) is 2. The smallest absolute Gasteiger partial charge is 0.272 e. The lowest BCUT2D eigenvalue weighted by atomic mass is 10.1. The average molecular weight is 303 g/mol. The summed E-state index contributed by atoms with van der Waals surface area (Å²) in [5.74, 6) is -0.639. The van der Waals surface area contributed by atoms with Crippen molar-refractivity contribution in [2.24, 2.45) is 0 Å². The van der Waals surface area contributed by atoms with Crippen LogP contribution in [-0.2, 0) is 0 Å². The van der Waals surface area contributed by atoms with E-state index in [1.54, 1.807) is 37.3 Å². The topological polar surface area (TPSA) is 44.9 Å². The van der Waals surface area contributed by atoms with Gasteiger partial charge >= 0.3 is 0 Å². The van der Waals surface area contributed by atoms with Gasteiger partial charge in [-0.05, 0) is 42.8 Å². The number of carbonyl (C=O) groups is 1. The highest BCUT2D eigenvalue weighted by Crippen LogP contribution is 2.25. The molecule has 0 saturated carbocycles. The van der Waals surface area contributed by atoms with Crippen LogP contribution < -0.4 is 5.32 Å². The Hall–Kier alpha value is -2.33. The molecule has 1 heterocycles. The van der Waals surface area contributed by atoms with Crippen molar-refractivity contribution >= 4 is 34.1 Å². The Bertz CT molecular complexity index is 841. The molecule has 1 aromatic heterocycles. The Morgan fingerprint density at radius 3 is 2.76 bits per heavy atom. The SMILES string of the molecule is Cc1c(C(=O)Nc2ccccc2Cl)[nH]c2ccc(F)cc12. The van der Waals surface area contributed by atoms with E-state index in [4.69, 9.17) is 11.6 Å². The van der Waals surface area contributed by atoms with Gasteiger partial charge in [-0.1, -0.05) is 23.7 Å². The Morgan fingerprint density at radius 2 is 2.00 bits per heavy atom. The van der Waals surface area contributed by atoms with Gasteiger partial charge in [0.15, 0.2) is 0 Å². The third-order valence-electron chi connectivity index (χ3n) is 3.37. The molecule has 21 heavy (non-hydrogen) atoms. The number of benzene rings is 2. The predicted molar refractivity (Wildman–Crippen MR) is 82.4 cm³/mol. The number of aromatic nitrogens is 1. The highest BCUT2D eigenvalue weighted by atomic mass is 35.5. The van der Waals surface area contributed by atoms with E-state index in [1.165, 1.54) is 12.1 Å². The maximum absolute atomic E-state index is 13.3.